The molecule has 2 aromatic rings. The van der Waals surface area contributed by atoms with Gasteiger partial charge in [-0.05, 0) is 30.7 Å². The largest absolute Gasteiger partial charge is 0.477 e. The highest BCUT2D eigenvalue weighted by Gasteiger charge is 2.27. The lowest BCUT2D eigenvalue weighted by Gasteiger charge is -2.25. The van der Waals surface area contributed by atoms with Crippen LogP contribution in [0.5, 0.6) is 0 Å². The molecule has 8 nitrogen and oxygen atoms in total. The Morgan fingerprint density at radius 1 is 1.33 bits per heavy atom. The molecule has 1 aromatic heterocycles. The summed E-state index contributed by atoms with van der Waals surface area (Å²) in [4.78, 5) is 23.7. The van der Waals surface area contributed by atoms with Crippen LogP contribution in [0.1, 0.15) is 27.8 Å². The van der Waals surface area contributed by atoms with Crippen LogP contribution < -0.4 is 10.6 Å². The minimum Gasteiger partial charge on any atom is -0.477 e. The van der Waals surface area contributed by atoms with Crippen LogP contribution in [0.4, 0.5) is 0 Å². The highest BCUT2D eigenvalue weighted by Crippen LogP contribution is 2.31. The van der Waals surface area contributed by atoms with E-state index >= 15 is 0 Å². The zero-order valence-corrected chi connectivity index (χ0v) is 18.6. The van der Waals surface area contributed by atoms with Crippen LogP contribution in [0.2, 0.25) is 10.0 Å². The first-order valence-electron chi connectivity index (χ1n) is 9.17. The van der Waals surface area contributed by atoms with E-state index in [1.54, 1.807) is 19.1 Å². The second kappa shape index (κ2) is 11.0. The Bertz CT molecular complexity index is 906. The van der Waals surface area contributed by atoms with Gasteiger partial charge in [-0.15, -0.1) is 12.4 Å². The Morgan fingerprint density at radius 3 is 2.80 bits per heavy atom. The number of aryl methyl sites for hydroxylation is 1. The maximum Gasteiger partial charge on any atom is 0.354 e. The van der Waals surface area contributed by atoms with Crippen LogP contribution >= 0.6 is 35.6 Å². The fraction of sp³-hybridized carbons (Fsp3) is 0.421. The molecule has 2 heterocycles. The lowest BCUT2D eigenvalue weighted by molar-refractivity contribution is -0.122. The molecule has 0 aliphatic carbocycles. The van der Waals surface area contributed by atoms with Gasteiger partial charge in [0.05, 0.1) is 28.5 Å². The molecule has 0 unspecified atom stereocenters. The zero-order chi connectivity index (χ0) is 21.0. The van der Waals surface area contributed by atoms with Crippen molar-refractivity contribution in [1.29, 1.82) is 0 Å². The number of aromatic carboxylic acids is 1. The van der Waals surface area contributed by atoms with Crippen molar-refractivity contribution in [3.05, 3.63) is 51.3 Å². The summed E-state index contributed by atoms with van der Waals surface area (Å²) in [5.41, 5.74) is 1.40. The van der Waals surface area contributed by atoms with Gasteiger partial charge in [-0.25, -0.2) is 9.48 Å². The number of benzene rings is 1. The molecule has 2 atom stereocenters. The second-order valence-corrected chi connectivity index (χ2v) is 7.68. The van der Waals surface area contributed by atoms with E-state index in [1.807, 2.05) is 6.07 Å². The monoisotopic (exact) mass is 476 g/mol. The summed E-state index contributed by atoms with van der Waals surface area (Å²) >= 11 is 12.2. The molecule has 0 bridgehead atoms. The first-order chi connectivity index (χ1) is 13.8. The van der Waals surface area contributed by atoms with Gasteiger partial charge in [0, 0.05) is 25.6 Å². The third-order valence-electron chi connectivity index (χ3n) is 4.66. The van der Waals surface area contributed by atoms with E-state index in [4.69, 9.17) is 27.9 Å². The lowest BCUT2D eigenvalue weighted by atomic mass is 9.95. The number of amides is 1. The van der Waals surface area contributed by atoms with Crippen molar-refractivity contribution in [3.63, 3.8) is 0 Å². The maximum absolute atomic E-state index is 12.4. The molecule has 0 radical (unpaired) electrons. The molecular formula is C19H23Cl3N4O4. The number of halogens is 3. The number of carbonyl (C=O) groups excluding carboxylic acids is 1. The van der Waals surface area contributed by atoms with Crippen LogP contribution in [0.3, 0.4) is 0 Å². The Morgan fingerprint density at radius 2 is 2.10 bits per heavy atom. The number of aromatic nitrogens is 2. The number of nitrogens with zero attached hydrogens (tertiary/aromatic N) is 2. The first-order valence-corrected chi connectivity index (χ1v) is 9.92. The van der Waals surface area contributed by atoms with Gasteiger partial charge in [-0.3, -0.25) is 4.79 Å². The van der Waals surface area contributed by atoms with Gasteiger partial charge in [-0.1, -0.05) is 29.3 Å². The molecule has 3 rings (SSSR count). The molecule has 0 spiro atoms. The molecule has 11 heteroatoms. The second-order valence-electron chi connectivity index (χ2n) is 6.87. The molecule has 1 aliphatic rings. The van der Waals surface area contributed by atoms with Gasteiger partial charge in [0.1, 0.15) is 12.2 Å². The smallest absolute Gasteiger partial charge is 0.354 e. The standard InChI is InChI=1S/C19H22Cl2N4O4.ClH/c1-11-6-16(19(27)28)25(24-11)10-17(26)23-9-13-8-22-4-5-29-18(13)12-2-3-14(20)15(21)7-12;/h2-3,6-7,13,18,22H,4-5,8-10H2,1H3,(H,23,26)(H,27,28);1H/t13-,18-;/m0./s1. The first kappa shape index (κ1) is 24.4. The van der Waals surface area contributed by atoms with Gasteiger partial charge in [0.15, 0.2) is 0 Å². The summed E-state index contributed by atoms with van der Waals surface area (Å²) < 4.78 is 7.18. The molecule has 1 aliphatic heterocycles. The fourth-order valence-electron chi connectivity index (χ4n) is 3.30. The number of carboxylic acids is 1. The van der Waals surface area contributed by atoms with Crippen LogP contribution in [-0.2, 0) is 16.1 Å². The summed E-state index contributed by atoms with van der Waals surface area (Å²) in [7, 11) is 0. The fourth-order valence-corrected chi connectivity index (χ4v) is 3.61. The number of nitrogens with one attached hydrogen (secondary N) is 2. The molecule has 164 valence electrons. The van der Waals surface area contributed by atoms with Crippen LogP contribution in [0, 0.1) is 12.8 Å². The lowest BCUT2D eigenvalue weighted by Crippen LogP contribution is -2.38. The van der Waals surface area contributed by atoms with Crippen LogP contribution in [-0.4, -0.2) is 53.0 Å². The average molecular weight is 478 g/mol. The zero-order valence-electron chi connectivity index (χ0n) is 16.2. The van der Waals surface area contributed by atoms with Crippen molar-refractivity contribution in [1.82, 2.24) is 20.4 Å². The van der Waals surface area contributed by atoms with E-state index in [0.29, 0.717) is 42.0 Å². The number of carbonyl (C=O) groups is 2. The molecule has 1 aromatic carbocycles. The van der Waals surface area contributed by atoms with Crippen LogP contribution in [0.15, 0.2) is 24.3 Å². The summed E-state index contributed by atoms with van der Waals surface area (Å²) in [6.45, 7) is 3.73. The van der Waals surface area contributed by atoms with Gasteiger partial charge >= 0.3 is 5.97 Å². The third-order valence-corrected chi connectivity index (χ3v) is 5.40. The molecule has 3 N–H and O–H groups in total. The number of rotatable bonds is 6. The number of carboxylic acid groups (broad SMARTS) is 1. The predicted molar refractivity (Wildman–Crippen MR) is 116 cm³/mol. The van der Waals surface area contributed by atoms with Crippen LogP contribution in [0.25, 0.3) is 0 Å². The minimum absolute atomic E-state index is 0. The minimum atomic E-state index is -1.13. The highest BCUT2D eigenvalue weighted by atomic mass is 35.5. The van der Waals surface area contributed by atoms with E-state index in [0.717, 1.165) is 5.56 Å². The number of ether oxygens (including phenoxy) is 1. The Hall–Kier alpha value is -1.84. The summed E-state index contributed by atoms with van der Waals surface area (Å²) in [6, 6.07) is 6.80. The molecule has 30 heavy (non-hydrogen) atoms. The normalized spacial score (nSPS) is 18.9. The predicted octanol–water partition coefficient (Wildman–Crippen LogP) is 2.71. The molecular weight excluding hydrogens is 455 g/mol. The maximum atomic E-state index is 12.4. The van der Waals surface area contributed by atoms with Crippen molar-refractivity contribution in [2.45, 2.75) is 19.6 Å². The van der Waals surface area contributed by atoms with Crippen molar-refractivity contribution < 1.29 is 19.4 Å². The number of hydrogen-bond donors (Lipinski definition) is 3. The average Bonchev–Trinajstić information content (AvgIpc) is 2.88. The van der Waals surface area contributed by atoms with Gasteiger partial charge in [-0.2, -0.15) is 5.10 Å². The molecule has 1 saturated heterocycles. The summed E-state index contributed by atoms with van der Waals surface area (Å²) in [5.74, 6) is -1.50. The van der Waals surface area contributed by atoms with Crippen molar-refractivity contribution in [3.8, 4) is 0 Å². The van der Waals surface area contributed by atoms with Gasteiger partial charge < -0.3 is 20.5 Å². The molecule has 1 amide bonds. The van der Waals surface area contributed by atoms with E-state index in [1.165, 1.54) is 10.7 Å². The molecule has 0 saturated carbocycles. The van der Waals surface area contributed by atoms with Gasteiger partial charge in [0.2, 0.25) is 5.91 Å². The highest BCUT2D eigenvalue weighted by molar-refractivity contribution is 6.42. The van der Waals surface area contributed by atoms with Crippen molar-refractivity contribution in [2.24, 2.45) is 5.92 Å². The summed E-state index contributed by atoms with van der Waals surface area (Å²) in [5, 5.41) is 20.4. The van der Waals surface area contributed by atoms with Gasteiger partial charge in [0.25, 0.3) is 0 Å². The Kier molecular flexibility index (Phi) is 8.93. The Balaban J connectivity index is 0.00000320. The van der Waals surface area contributed by atoms with Crippen molar-refractivity contribution in [2.75, 3.05) is 26.2 Å². The number of hydrogen-bond acceptors (Lipinski definition) is 5. The van der Waals surface area contributed by atoms with E-state index in [9.17, 15) is 14.7 Å². The summed E-state index contributed by atoms with van der Waals surface area (Å²) in [6.07, 6.45) is -0.262. The van der Waals surface area contributed by atoms with E-state index < -0.39 is 5.97 Å². The van der Waals surface area contributed by atoms with E-state index in [2.05, 4.69) is 15.7 Å². The quantitative estimate of drug-likeness (QED) is 0.591. The molecule has 1 fully saturated rings. The topological polar surface area (TPSA) is 105 Å². The van der Waals surface area contributed by atoms with Crippen molar-refractivity contribution >= 4 is 47.5 Å². The third kappa shape index (κ3) is 6.09. The van der Waals surface area contributed by atoms with E-state index in [-0.39, 0.29) is 42.6 Å². The Labute approximate surface area is 190 Å². The SMILES string of the molecule is Cc1cc(C(=O)O)n(CC(=O)NC[C@@H]2CNCCO[C@H]2c2ccc(Cl)c(Cl)c2)n1.Cl.